The van der Waals surface area contributed by atoms with E-state index in [0.717, 1.165) is 0 Å². The summed E-state index contributed by atoms with van der Waals surface area (Å²) in [6.07, 6.45) is -1.13. The van der Waals surface area contributed by atoms with Crippen LogP contribution in [0.3, 0.4) is 0 Å². The lowest BCUT2D eigenvalue weighted by Gasteiger charge is -2.14. The molecule has 2 unspecified atom stereocenters. The summed E-state index contributed by atoms with van der Waals surface area (Å²) in [7, 11) is 0. The van der Waals surface area contributed by atoms with Crippen LogP contribution in [0.15, 0.2) is 0 Å². The molecule has 0 saturated heterocycles. The topological polar surface area (TPSA) is 46.5 Å². The quantitative estimate of drug-likeness (QED) is 0.492. The Morgan fingerprint density at radius 2 is 2.20 bits per heavy atom. The maximum atomic E-state index is 10.5. The molecule has 0 radical (unpaired) electrons. The van der Waals surface area contributed by atoms with Gasteiger partial charge in [-0.15, -0.1) is 11.6 Å². The number of esters is 1. The summed E-state index contributed by atoms with van der Waals surface area (Å²) in [6, 6.07) is 0. The third-order valence-corrected chi connectivity index (χ3v) is 1.32. The van der Waals surface area contributed by atoms with Gasteiger partial charge >= 0.3 is 5.97 Å². The minimum absolute atomic E-state index is 0.170. The molecule has 1 N–H and O–H groups in total. The standard InChI is InChI=1S/C6H11ClO3/c1-4(8)5(2)10-6(9)3-7/h4-5,8H,3H2,1-2H3. The van der Waals surface area contributed by atoms with Gasteiger partial charge in [-0.2, -0.15) is 0 Å². The zero-order chi connectivity index (χ0) is 8.15. The van der Waals surface area contributed by atoms with Crippen LogP contribution in [0.1, 0.15) is 13.8 Å². The summed E-state index contributed by atoms with van der Waals surface area (Å²) < 4.78 is 4.64. The number of carbonyl (C=O) groups is 1. The number of hydrogen-bond donors (Lipinski definition) is 1. The number of rotatable bonds is 3. The summed E-state index contributed by atoms with van der Waals surface area (Å²) in [5.41, 5.74) is 0. The first-order valence-electron chi connectivity index (χ1n) is 3.01. The van der Waals surface area contributed by atoms with Crippen molar-refractivity contribution in [1.82, 2.24) is 0 Å². The van der Waals surface area contributed by atoms with E-state index in [1.54, 1.807) is 13.8 Å². The van der Waals surface area contributed by atoms with Crippen molar-refractivity contribution in [3.8, 4) is 0 Å². The van der Waals surface area contributed by atoms with E-state index in [1.165, 1.54) is 0 Å². The first kappa shape index (κ1) is 9.72. The highest BCUT2D eigenvalue weighted by Crippen LogP contribution is 1.98. The Bertz CT molecular complexity index is 114. The summed E-state index contributed by atoms with van der Waals surface area (Å²) in [6.45, 7) is 3.15. The smallest absolute Gasteiger partial charge is 0.321 e. The van der Waals surface area contributed by atoms with Crippen molar-refractivity contribution < 1.29 is 14.6 Å². The molecular weight excluding hydrogens is 156 g/mol. The van der Waals surface area contributed by atoms with Crippen molar-refractivity contribution in [2.75, 3.05) is 5.88 Å². The van der Waals surface area contributed by atoms with Crippen LogP contribution in [-0.4, -0.2) is 29.2 Å². The van der Waals surface area contributed by atoms with Crippen LogP contribution in [0.5, 0.6) is 0 Å². The summed E-state index contributed by atoms with van der Waals surface area (Å²) in [5.74, 6) is -0.674. The Morgan fingerprint density at radius 3 is 2.50 bits per heavy atom. The number of aliphatic hydroxyl groups is 1. The second-order valence-corrected chi connectivity index (χ2v) is 2.34. The van der Waals surface area contributed by atoms with Gasteiger partial charge in [0.05, 0.1) is 6.10 Å². The van der Waals surface area contributed by atoms with Crippen molar-refractivity contribution in [3.05, 3.63) is 0 Å². The number of carbonyl (C=O) groups excluding carboxylic acids is 1. The lowest BCUT2D eigenvalue weighted by Crippen LogP contribution is -2.26. The molecule has 0 saturated carbocycles. The normalized spacial score (nSPS) is 16.0. The van der Waals surface area contributed by atoms with Gasteiger partial charge in [0.15, 0.2) is 0 Å². The zero-order valence-electron chi connectivity index (χ0n) is 6.00. The molecule has 2 atom stereocenters. The molecule has 0 aromatic rings. The van der Waals surface area contributed by atoms with Crippen LogP contribution in [-0.2, 0) is 9.53 Å². The zero-order valence-corrected chi connectivity index (χ0v) is 6.76. The van der Waals surface area contributed by atoms with Gasteiger partial charge in [0.2, 0.25) is 0 Å². The number of halogens is 1. The highest BCUT2D eigenvalue weighted by atomic mass is 35.5. The molecule has 10 heavy (non-hydrogen) atoms. The average Bonchev–Trinajstić information content (AvgIpc) is 1.87. The molecule has 0 aliphatic carbocycles. The van der Waals surface area contributed by atoms with E-state index >= 15 is 0 Å². The van der Waals surface area contributed by atoms with Crippen molar-refractivity contribution in [2.45, 2.75) is 26.1 Å². The van der Waals surface area contributed by atoms with Gasteiger partial charge in [-0.1, -0.05) is 0 Å². The Kier molecular flexibility index (Phi) is 4.40. The van der Waals surface area contributed by atoms with E-state index in [9.17, 15) is 4.79 Å². The van der Waals surface area contributed by atoms with Gasteiger partial charge < -0.3 is 9.84 Å². The van der Waals surface area contributed by atoms with Crippen LogP contribution in [0.2, 0.25) is 0 Å². The Balaban J connectivity index is 3.57. The molecule has 0 aliphatic rings. The maximum absolute atomic E-state index is 10.5. The summed E-state index contributed by atoms with van der Waals surface area (Å²) in [5, 5.41) is 8.84. The molecule has 0 amide bonds. The summed E-state index contributed by atoms with van der Waals surface area (Å²) in [4.78, 5) is 10.5. The van der Waals surface area contributed by atoms with Gasteiger partial charge in [-0.3, -0.25) is 4.79 Å². The largest absolute Gasteiger partial charge is 0.459 e. The Hall–Kier alpha value is -0.280. The monoisotopic (exact) mass is 166 g/mol. The third kappa shape index (κ3) is 3.69. The number of ether oxygens (including phenoxy) is 1. The fourth-order valence-electron chi connectivity index (χ4n) is 0.337. The van der Waals surface area contributed by atoms with Gasteiger partial charge in [0.1, 0.15) is 12.0 Å². The van der Waals surface area contributed by atoms with Crippen molar-refractivity contribution in [1.29, 1.82) is 0 Å². The molecule has 0 spiro atoms. The van der Waals surface area contributed by atoms with Crippen LogP contribution in [0.4, 0.5) is 0 Å². The molecule has 0 heterocycles. The minimum atomic E-state index is -0.646. The minimum Gasteiger partial charge on any atom is -0.459 e. The number of hydrogen-bond acceptors (Lipinski definition) is 3. The SMILES string of the molecule is CC(O)C(C)OC(=O)CCl. The maximum Gasteiger partial charge on any atom is 0.321 e. The van der Waals surface area contributed by atoms with Crippen LogP contribution >= 0.6 is 11.6 Å². The Labute approximate surface area is 64.9 Å². The molecule has 0 aromatic heterocycles. The highest BCUT2D eigenvalue weighted by Gasteiger charge is 2.12. The second-order valence-electron chi connectivity index (χ2n) is 2.07. The van der Waals surface area contributed by atoms with Crippen LogP contribution in [0.25, 0.3) is 0 Å². The Morgan fingerprint density at radius 1 is 1.70 bits per heavy atom. The van der Waals surface area contributed by atoms with Crippen molar-refractivity contribution in [2.24, 2.45) is 0 Å². The van der Waals surface area contributed by atoms with Crippen molar-refractivity contribution >= 4 is 17.6 Å². The van der Waals surface area contributed by atoms with Gasteiger partial charge in [0, 0.05) is 0 Å². The lowest BCUT2D eigenvalue weighted by atomic mass is 10.3. The molecule has 0 bridgehead atoms. The summed E-state index contributed by atoms with van der Waals surface area (Å²) >= 11 is 5.14. The number of aliphatic hydroxyl groups excluding tert-OH is 1. The predicted octanol–water partition coefficient (Wildman–Crippen LogP) is 0.538. The fourth-order valence-corrected chi connectivity index (χ4v) is 0.400. The fraction of sp³-hybridized carbons (Fsp3) is 0.833. The third-order valence-electron chi connectivity index (χ3n) is 1.11. The van der Waals surface area contributed by atoms with Crippen molar-refractivity contribution in [3.63, 3.8) is 0 Å². The van der Waals surface area contributed by atoms with Gasteiger partial charge in [0.25, 0.3) is 0 Å². The van der Waals surface area contributed by atoms with Gasteiger partial charge in [-0.25, -0.2) is 0 Å². The molecular formula is C6H11ClO3. The number of alkyl halides is 1. The molecule has 0 fully saturated rings. The first-order valence-corrected chi connectivity index (χ1v) is 3.55. The van der Waals surface area contributed by atoms with Gasteiger partial charge in [-0.05, 0) is 13.8 Å². The first-order chi connectivity index (χ1) is 4.57. The second kappa shape index (κ2) is 4.52. The molecule has 0 rings (SSSR count). The predicted molar refractivity (Wildman–Crippen MR) is 38.0 cm³/mol. The average molecular weight is 167 g/mol. The van der Waals surface area contributed by atoms with E-state index in [2.05, 4.69) is 4.74 Å². The highest BCUT2D eigenvalue weighted by molar-refractivity contribution is 6.26. The van der Waals surface area contributed by atoms with E-state index in [4.69, 9.17) is 16.7 Å². The van der Waals surface area contributed by atoms with Crippen LogP contribution in [0, 0.1) is 0 Å². The molecule has 3 nitrogen and oxygen atoms in total. The molecule has 0 aliphatic heterocycles. The molecule has 0 aromatic carbocycles. The molecule has 4 heteroatoms. The van der Waals surface area contributed by atoms with E-state index in [0.29, 0.717) is 0 Å². The van der Waals surface area contributed by atoms with E-state index < -0.39 is 18.2 Å². The van der Waals surface area contributed by atoms with E-state index in [1.807, 2.05) is 0 Å². The lowest BCUT2D eigenvalue weighted by molar-refractivity contribution is -0.149. The van der Waals surface area contributed by atoms with Crippen LogP contribution < -0.4 is 0 Å². The molecule has 60 valence electrons. The van der Waals surface area contributed by atoms with E-state index in [-0.39, 0.29) is 5.88 Å².